The molecule has 2 saturated heterocycles. The number of pyridine rings is 1. The van der Waals surface area contributed by atoms with Gasteiger partial charge in [0.15, 0.2) is 5.82 Å². The lowest BCUT2D eigenvalue weighted by Crippen LogP contribution is -2.63. The second-order valence-corrected chi connectivity index (χ2v) is 9.06. The van der Waals surface area contributed by atoms with Gasteiger partial charge < -0.3 is 9.80 Å². The van der Waals surface area contributed by atoms with Gasteiger partial charge in [-0.1, -0.05) is 36.8 Å². The first kappa shape index (κ1) is 22.1. The maximum Gasteiger partial charge on any atom is 0.246 e. The van der Waals surface area contributed by atoms with Crippen molar-refractivity contribution < 1.29 is 13.6 Å². The Hall–Kier alpha value is -4.38. The van der Waals surface area contributed by atoms with Gasteiger partial charge in [0.05, 0.1) is 23.0 Å². The lowest BCUT2D eigenvalue weighted by Gasteiger charge is -2.47. The van der Waals surface area contributed by atoms with Crippen molar-refractivity contribution in [1.29, 1.82) is 0 Å². The Bertz CT molecular complexity index is 1640. The number of benzene rings is 2. The van der Waals surface area contributed by atoms with Gasteiger partial charge >= 0.3 is 0 Å². The Labute approximate surface area is 206 Å². The largest absolute Gasteiger partial charge is 0.349 e. The van der Waals surface area contributed by atoms with Gasteiger partial charge in [-0.2, -0.15) is 0 Å². The third-order valence-corrected chi connectivity index (χ3v) is 7.19. The fourth-order valence-electron chi connectivity index (χ4n) is 5.50. The lowest BCUT2D eigenvalue weighted by atomic mass is 9.95. The SMILES string of the molecule is C#Cc1c(F)ccc2cccc(-c3ncc4c(N5C[C@@H]6[C@H]5CCN6C(=O)C=C)nc(C)nc4c3F)c12. The fourth-order valence-corrected chi connectivity index (χ4v) is 5.50. The van der Waals surface area contributed by atoms with Crippen LogP contribution in [0, 0.1) is 30.9 Å². The molecule has 0 N–H and O–H groups in total. The minimum atomic E-state index is -0.620. The molecule has 36 heavy (non-hydrogen) atoms. The molecule has 0 bridgehead atoms. The van der Waals surface area contributed by atoms with Crippen LogP contribution in [0.2, 0.25) is 0 Å². The molecule has 0 radical (unpaired) electrons. The van der Waals surface area contributed by atoms with Crippen LogP contribution < -0.4 is 4.90 Å². The number of nitrogens with zero attached hydrogens (tertiary/aromatic N) is 5. The predicted molar refractivity (Wildman–Crippen MR) is 134 cm³/mol. The molecule has 2 aromatic heterocycles. The number of likely N-dealkylation sites (tertiary alicyclic amines) is 1. The molecule has 2 aliphatic heterocycles. The number of amides is 1. The summed E-state index contributed by atoms with van der Waals surface area (Å²) in [5, 5.41) is 1.60. The van der Waals surface area contributed by atoms with Crippen molar-refractivity contribution in [1.82, 2.24) is 19.9 Å². The Morgan fingerprint density at radius 1 is 1.22 bits per heavy atom. The number of hydrogen-bond acceptors (Lipinski definition) is 5. The molecule has 0 spiro atoms. The number of carbonyl (C=O) groups excluding carboxylic acids is 1. The van der Waals surface area contributed by atoms with Gasteiger partial charge in [-0.3, -0.25) is 9.78 Å². The standard InChI is InChI=1S/C28H21F2N5O/c1-4-17-20(29)10-9-16-7-6-8-18(24(16)17)26-25(30)27-19(13-31-26)28(33-15(3)32-27)35-14-22-21(35)11-12-34(22)23(36)5-2/h1,5-10,13,21-22H,2,11-12,14H2,3H3/t21-,22-/m1/s1. The van der Waals surface area contributed by atoms with Crippen LogP contribution in [-0.2, 0) is 4.79 Å². The van der Waals surface area contributed by atoms with E-state index in [2.05, 4.69) is 32.4 Å². The zero-order valence-electron chi connectivity index (χ0n) is 19.5. The van der Waals surface area contributed by atoms with Crippen molar-refractivity contribution in [2.75, 3.05) is 18.0 Å². The molecule has 2 atom stereocenters. The van der Waals surface area contributed by atoms with E-state index < -0.39 is 11.6 Å². The molecular weight excluding hydrogens is 460 g/mol. The molecular formula is C28H21F2N5O. The summed E-state index contributed by atoms with van der Waals surface area (Å²) in [6, 6.07) is 8.32. The van der Waals surface area contributed by atoms with Gasteiger partial charge in [0.2, 0.25) is 5.91 Å². The highest BCUT2D eigenvalue weighted by molar-refractivity contribution is 6.02. The van der Waals surface area contributed by atoms with E-state index in [1.54, 1.807) is 37.4 Å². The summed E-state index contributed by atoms with van der Waals surface area (Å²) in [4.78, 5) is 29.5. The predicted octanol–water partition coefficient (Wildman–Crippen LogP) is 4.39. The van der Waals surface area contributed by atoms with Gasteiger partial charge in [-0.05, 0) is 30.9 Å². The molecule has 4 aromatic rings. The lowest BCUT2D eigenvalue weighted by molar-refractivity contribution is -0.127. The van der Waals surface area contributed by atoms with Crippen molar-refractivity contribution in [3.05, 3.63) is 72.2 Å². The average molecular weight is 482 g/mol. The number of rotatable bonds is 3. The van der Waals surface area contributed by atoms with E-state index in [9.17, 15) is 9.18 Å². The number of carbonyl (C=O) groups is 1. The first-order valence-corrected chi connectivity index (χ1v) is 11.6. The summed E-state index contributed by atoms with van der Waals surface area (Å²) in [6.07, 6.45) is 9.29. The number of hydrogen-bond donors (Lipinski definition) is 0. The molecule has 6 rings (SSSR count). The minimum absolute atomic E-state index is 0.0457. The Balaban J connectivity index is 1.48. The van der Waals surface area contributed by atoms with Crippen LogP contribution in [0.25, 0.3) is 32.9 Å². The normalized spacial score (nSPS) is 18.7. The van der Waals surface area contributed by atoms with Gasteiger partial charge in [-0.15, -0.1) is 6.42 Å². The van der Waals surface area contributed by atoms with E-state index in [1.165, 1.54) is 12.1 Å². The van der Waals surface area contributed by atoms with Crippen LogP contribution in [0.1, 0.15) is 17.8 Å². The van der Waals surface area contributed by atoms with Crippen LogP contribution >= 0.6 is 0 Å². The molecule has 178 valence electrons. The third-order valence-electron chi connectivity index (χ3n) is 7.19. The van der Waals surface area contributed by atoms with E-state index in [0.717, 1.165) is 6.42 Å². The van der Waals surface area contributed by atoms with Crippen molar-refractivity contribution in [2.24, 2.45) is 0 Å². The van der Waals surface area contributed by atoms with Crippen molar-refractivity contribution >= 4 is 33.4 Å². The Morgan fingerprint density at radius 3 is 2.83 bits per heavy atom. The summed E-state index contributed by atoms with van der Waals surface area (Å²) in [6.45, 7) is 6.54. The number of anilines is 1. The molecule has 1 amide bonds. The van der Waals surface area contributed by atoms with E-state index in [4.69, 9.17) is 6.42 Å². The van der Waals surface area contributed by atoms with Crippen LogP contribution in [0.4, 0.5) is 14.6 Å². The van der Waals surface area contributed by atoms with Gasteiger partial charge in [0.1, 0.15) is 28.7 Å². The van der Waals surface area contributed by atoms with E-state index in [-0.39, 0.29) is 34.8 Å². The van der Waals surface area contributed by atoms with Crippen molar-refractivity contribution in [2.45, 2.75) is 25.4 Å². The molecule has 0 unspecified atom stereocenters. The quantitative estimate of drug-likeness (QED) is 0.321. The summed E-state index contributed by atoms with van der Waals surface area (Å²) in [7, 11) is 0. The zero-order chi connectivity index (χ0) is 25.1. The molecule has 0 aliphatic carbocycles. The zero-order valence-corrected chi connectivity index (χ0v) is 19.5. The topological polar surface area (TPSA) is 62.2 Å². The van der Waals surface area contributed by atoms with Crippen molar-refractivity contribution in [3.63, 3.8) is 0 Å². The first-order chi connectivity index (χ1) is 17.4. The molecule has 4 heterocycles. The number of terminal acetylenes is 1. The Kier molecular flexibility index (Phi) is 4.97. The second kappa shape index (κ2) is 8.09. The van der Waals surface area contributed by atoms with E-state index in [1.807, 2.05) is 4.90 Å². The first-order valence-electron chi connectivity index (χ1n) is 11.6. The van der Waals surface area contributed by atoms with E-state index >= 15 is 4.39 Å². The molecule has 2 fully saturated rings. The van der Waals surface area contributed by atoms with Crippen LogP contribution in [0.15, 0.2) is 49.2 Å². The number of aryl methyl sites for hydroxylation is 1. The molecule has 2 aromatic carbocycles. The maximum absolute atomic E-state index is 16.1. The van der Waals surface area contributed by atoms with Gasteiger partial charge in [0.25, 0.3) is 0 Å². The third kappa shape index (κ3) is 3.09. The fraction of sp³-hybridized carbons (Fsp3) is 0.214. The highest BCUT2D eigenvalue weighted by atomic mass is 19.1. The van der Waals surface area contributed by atoms with Crippen LogP contribution in [0.3, 0.4) is 0 Å². The van der Waals surface area contributed by atoms with Crippen LogP contribution in [0.5, 0.6) is 0 Å². The Morgan fingerprint density at radius 2 is 2.06 bits per heavy atom. The summed E-state index contributed by atoms with van der Waals surface area (Å²) < 4.78 is 30.6. The number of fused-ring (bicyclic) bond motifs is 3. The second-order valence-electron chi connectivity index (χ2n) is 9.06. The average Bonchev–Trinajstić information content (AvgIpc) is 3.19. The number of halogens is 2. The highest BCUT2D eigenvalue weighted by Gasteiger charge is 2.49. The molecule has 2 aliphatic rings. The molecule has 6 nitrogen and oxygen atoms in total. The number of aromatic nitrogens is 3. The van der Waals surface area contributed by atoms with Crippen molar-refractivity contribution in [3.8, 4) is 23.6 Å². The van der Waals surface area contributed by atoms with E-state index in [0.29, 0.717) is 46.5 Å². The summed E-state index contributed by atoms with van der Waals surface area (Å²) >= 11 is 0. The van der Waals surface area contributed by atoms with Gasteiger partial charge in [0, 0.05) is 30.2 Å². The van der Waals surface area contributed by atoms with Gasteiger partial charge in [-0.25, -0.2) is 18.7 Å². The van der Waals surface area contributed by atoms with Crippen LogP contribution in [-0.4, -0.2) is 50.9 Å². The summed E-state index contributed by atoms with van der Waals surface area (Å²) in [5.74, 6) is 2.16. The minimum Gasteiger partial charge on any atom is -0.349 e. The maximum atomic E-state index is 16.1. The molecule has 0 saturated carbocycles. The highest BCUT2D eigenvalue weighted by Crippen LogP contribution is 2.40. The molecule has 8 heteroatoms. The monoisotopic (exact) mass is 481 g/mol. The smallest absolute Gasteiger partial charge is 0.246 e. The summed E-state index contributed by atoms with van der Waals surface area (Å²) in [5.41, 5.74) is 0.647.